The molecule has 0 saturated heterocycles. The number of rotatable bonds is 4. The van der Waals surface area contributed by atoms with Crippen LogP contribution in [-0.2, 0) is 6.42 Å². The summed E-state index contributed by atoms with van der Waals surface area (Å²) in [5.74, 6) is 0.0613. The number of carbonyl (C=O) groups excluding carboxylic acids is 1. The van der Waals surface area contributed by atoms with Gasteiger partial charge in [-0.25, -0.2) is 0 Å². The van der Waals surface area contributed by atoms with Crippen molar-refractivity contribution in [1.82, 2.24) is 5.32 Å². The van der Waals surface area contributed by atoms with Crippen LogP contribution in [0.2, 0.25) is 0 Å². The molecule has 2 rings (SSSR count). The van der Waals surface area contributed by atoms with Crippen LogP contribution in [0.5, 0.6) is 0 Å². The molecule has 1 aliphatic carbocycles. The van der Waals surface area contributed by atoms with Crippen molar-refractivity contribution in [3.63, 3.8) is 0 Å². The van der Waals surface area contributed by atoms with Gasteiger partial charge >= 0.3 is 0 Å². The predicted octanol–water partition coefficient (Wildman–Crippen LogP) is 2.64. The normalized spacial score (nSPS) is 16.9. The van der Waals surface area contributed by atoms with E-state index in [2.05, 4.69) is 5.32 Å². The molecule has 0 heterocycles. The summed E-state index contributed by atoms with van der Waals surface area (Å²) in [6.07, 6.45) is 8.19. The standard InChI is InChI=1S/C16H24N2O/c17-12-11-13-7-9-14(10-8-13)16(19)18-15-5-3-1-2-4-6-15/h7-10,15H,1-6,11-12,17H2,(H,18,19). The molecular weight excluding hydrogens is 236 g/mol. The maximum Gasteiger partial charge on any atom is 0.251 e. The molecule has 0 aromatic heterocycles. The molecule has 0 bridgehead atoms. The highest BCUT2D eigenvalue weighted by atomic mass is 16.1. The molecule has 0 aliphatic heterocycles. The highest BCUT2D eigenvalue weighted by molar-refractivity contribution is 5.94. The summed E-state index contributed by atoms with van der Waals surface area (Å²) in [6, 6.07) is 8.15. The van der Waals surface area contributed by atoms with E-state index in [1.807, 2.05) is 24.3 Å². The highest BCUT2D eigenvalue weighted by Crippen LogP contribution is 2.17. The minimum Gasteiger partial charge on any atom is -0.349 e. The second-order valence-corrected chi connectivity index (χ2v) is 5.40. The molecule has 3 nitrogen and oxygen atoms in total. The van der Waals surface area contributed by atoms with Crippen LogP contribution in [0.1, 0.15) is 54.4 Å². The highest BCUT2D eigenvalue weighted by Gasteiger charge is 2.15. The fraction of sp³-hybridized carbons (Fsp3) is 0.562. The molecule has 1 aliphatic rings. The molecule has 3 N–H and O–H groups in total. The average molecular weight is 260 g/mol. The van der Waals surface area contributed by atoms with Crippen molar-refractivity contribution in [2.45, 2.75) is 51.0 Å². The third-order valence-corrected chi connectivity index (χ3v) is 3.84. The molecule has 1 amide bonds. The van der Waals surface area contributed by atoms with E-state index < -0.39 is 0 Å². The van der Waals surface area contributed by atoms with E-state index in [4.69, 9.17) is 5.73 Å². The van der Waals surface area contributed by atoms with Gasteiger partial charge in [0.25, 0.3) is 5.91 Å². The van der Waals surface area contributed by atoms with Crippen LogP contribution in [0.4, 0.5) is 0 Å². The number of nitrogens with two attached hydrogens (primary N) is 1. The fourth-order valence-electron chi connectivity index (χ4n) is 2.68. The van der Waals surface area contributed by atoms with E-state index in [9.17, 15) is 4.79 Å². The van der Waals surface area contributed by atoms with Gasteiger partial charge in [-0.2, -0.15) is 0 Å². The Kier molecular flexibility index (Phi) is 5.40. The zero-order chi connectivity index (χ0) is 13.5. The van der Waals surface area contributed by atoms with Crippen molar-refractivity contribution in [1.29, 1.82) is 0 Å². The lowest BCUT2D eigenvalue weighted by atomic mass is 10.1. The number of nitrogens with one attached hydrogen (secondary N) is 1. The third kappa shape index (κ3) is 4.35. The number of hydrogen-bond acceptors (Lipinski definition) is 2. The van der Waals surface area contributed by atoms with Crippen LogP contribution in [0, 0.1) is 0 Å². The first-order valence-electron chi connectivity index (χ1n) is 7.39. The monoisotopic (exact) mass is 260 g/mol. The number of hydrogen-bond donors (Lipinski definition) is 2. The molecule has 1 aromatic rings. The Morgan fingerprint density at radius 2 is 1.74 bits per heavy atom. The summed E-state index contributed by atoms with van der Waals surface area (Å²) in [6.45, 7) is 0.646. The Labute approximate surface area is 115 Å². The molecule has 0 spiro atoms. The van der Waals surface area contributed by atoms with Gasteiger partial charge in [-0.3, -0.25) is 4.79 Å². The first-order chi connectivity index (χ1) is 9.29. The molecule has 0 unspecified atom stereocenters. The van der Waals surface area contributed by atoms with Gasteiger partial charge in [0.1, 0.15) is 0 Å². The van der Waals surface area contributed by atoms with E-state index in [-0.39, 0.29) is 5.91 Å². The lowest BCUT2D eigenvalue weighted by Crippen LogP contribution is -2.34. The lowest BCUT2D eigenvalue weighted by Gasteiger charge is -2.16. The Bertz CT molecular complexity index is 392. The van der Waals surface area contributed by atoms with Gasteiger partial charge in [-0.1, -0.05) is 37.8 Å². The zero-order valence-corrected chi connectivity index (χ0v) is 11.5. The largest absolute Gasteiger partial charge is 0.349 e. The molecular formula is C16H24N2O. The van der Waals surface area contributed by atoms with Crippen molar-refractivity contribution in [3.8, 4) is 0 Å². The summed E-state index contributed by atoms with van der Waals surface area (Å²) in [4.78, 5) is 12.2. The quantitative estimate of drug-likeness (QED) is 0.818. The smallest absolute Gasteiger partial charge is 0.251 e. The van der Waals surface area contributed by atoms with Gasteiger partial charge in [0.05, 0.1) is 0 Å². The van der Waals surface area contributed by atoms with Crippen LogP contribution in [-0.4, -0.2) is 18.5 Å². The van der Waals surface area contributed by atoms with Gasteiger partial charge in [-0.05, 0) is 43.5 Å². The minimum absolute atomic E-state index is 0.0613. The third-order valence-electron chi connectivity index (χ3n) is 3.84. The van der Waals surface area contributed by atoms with Crippen LogP contribution < -0.4 is 11.1 Å². The van der Waals surface area contributed by atoms with Crippen molar-refractivity contribution >= 4 is 5.91 Å². The second-order valence-electron chi connectivity index (χ2n) is 5.40. The summed E-state index contributed by atoms with van der Waals surface area (Å²) in [5, 5.41) is 3.16. The van der Waals surface area contributed by atoms with Crippen molar-refractivity contribution in [2.24, 2.45) is 5.73 Å². The first-order valence-corrected chi connectivity index (χ1v) is 7.39. The zero-order valence-electron chi connectivity index (χ0n) is 11.5. The molecule has 0 atom stereocenters. The summed E-state index contributed by atoms with van der Waals surface area (Å²) in [7, 11) is 0. The van der Waals surface area contributed by atoms with Gasteiger partial charge in [-0.15, -0.1) is 0 Å². The van der Waals surface area contributed by atoms with Crippen LogP contribution in [0.15, 0.2) is 24.3 Å². The van der Waals surface area contributed by atoms with Crippen molar-refractivity contribution in [3.05, 3.63) is 35.4 Å². The van der Waals surface area contributed by atoms with E-state index in [0.29, 0.717) is 12.6 Å². The van der Waals surface area contributed by atoms with Gasteiger partial charge in [0.15, 0.2) is 0 Å². The van der Waals surface area contributed by atoms with E-state index in [1.165, 1.54) is 31.2 Å². The van der Waals surface area contributed by atoms with Gasteiger partial charge in [0, 0.05) is 11.6 Å². The van der Waals surface area contributed by atoms with Crippen molar-refractivity contribution < 1.29 is 4.79 Å². The minimum atomic E-state index is 0.0613. The van der Waals surface area contributed by atoms with Crippen molar-refractivity contribution in [2.75, 3.05) is 6.54 Å². The Morgan fingerprint density at radius 1 is 1.11 bits per heavy atom. The molecule has 1 saturated carbocycles. The second kappa shape index (κ2) is 7.29. The maximum absolute atomic E-state index is 12.2. The number of carbonyl (C=O) groups is 1. The SMILES string of the molecule is NCCc1ccc(C(=O)NC2CCCCCC2)cc1. The average Bonchev–Trinajstić information content (AvgIpc) is 2.68. The van der Waals surface area contributed by atoms with Gasteiger partial charge in [0.2, 0.25) is 0 Å². The fourth-order valence-corrected chi connectivity index (χ4v) is 2.68. The van der Waals surface area contributed by atoms with Gasteiger partial charge < -0.3 is 11.1 Å². The van der Waals surface area contributed by atoms with Crippen LogP contribution in [0.25, 0.3) is 0 Å². The Morgan fingerprint density at radius 3 is 2.32 bits per heavy atom. The molecule has 1 fully saturated rings. The summed E-state index contributed by atoms with van der Waals surface area (Å²) in [5.41, 5.74) is 7.46. The first kappa shape index (κ1) is 14.1. The number of benzene rings is 1. The molecule has 19 heavy (non-hydrogen) atoms. The lowest BCUT2D eigenvalue weighted by molar-refractivity contribution is 0.0933. The maximum atomic E-state index is 12.2. The summed E-state index contributed by atoms with van der Waals surface area (Å²) < 4.78 is 0. The molecule has 3 heteroatoms. The van der Waals surface area contributed by atoms with E-state index >= 15 is 0 Å². The molecule has 0 radical (unpaired) electrons. The van der Waals surface area contributed by atoms with E-state index in [0.717, 1.165) is 24.8 Å². The Balaban J connectivity index is 1.91. The Hall–Kier alpha value is -1.35. The van der Waals surface area contributed by atoms with E-state index in [1.54, 1.807) is 0 Å². The topological polar surface area (TPSA) is 55.1 Å². The van der Waals surface area contributed by atoms with Crippen LogP contribution in [0.3, 0.4) is 0 Å². The number of amides is 1. The summed E-state index contributed by atoms with van der Waals surface area (Å²) >= 11 is 0. The molecule has 1 aromatic carbocycles. The van der Waals surface area contributed by atoms with Crippen LogP contribution >= 0.6 is 0 Å². The molecule has 104 valence electrons. The predicted molar refractivity (Wildman–Crippen MR) is 78.2 cm³/mol.